The van der Waals surface area contributed by atoms with E-state index < -0.39 is 10.2 Å². The highest BCUT2D eigenvalue weighted by molar-refractivity contribution is 7.90. The van der Waals surface area contributed by atoms with Gasteiger partial charge in [-0.15, -0.1) is 0 Å². The molecule has 116 valence electrons. The summed E-state index contributed by atoms with van der Waals surface area (Å²) in [6, 6.07) is 6.37. The maximum atomic E-state index is 12.4. The first-order valence-electron chi connectivity index (χ1n) is 6.82. The summed E-state index contributed by atoms with van der Waals surface area (Å²) in [6.07, 6.45) is -0.268. The van der Waals surface area contributed by atoms with Crippen molar-refractivity contribution < 1.29 is 17.9 Å². The van der Waals surface area contributed by atoms with Gasteiger partial charge in [-0.25, -0.2) is 0 Å². The third-order valence-corrected chi connectivity index (χ3v) is 4.74. The second-order valence-corrected chi connectivity index (χ2v) is 6.99. The molecule has 1 aromatic rings. The van der Waals surface area contributed by atoms with Gasteiger partial charge in [0.1, 0.15) is 0 Å². The number of ether oxygens (including phenoxy) is 1. The van der Waals surface area contributed by atoms with Gasteiger partial charge in [-0.3, -0.25) is 9.52 Å². The molecule has 0 spiro atoms. The molecule has 1 aromatic carbocycles. The monoisotopic (exact) mass is 312 g/mol. The zero-order valence-corrected chi connectivity index (χ0v) is 13.2. The van der Waals surface area contributed by atoms with Gasteiger partial charge < -0.3 is 4.74 Å². The van der Waals surface area contributed by atoms with Crippen LogP contribution in [0.1, 0.15) is 31.1 Å². The highest BCUT2D eigenvalue weighted by Gasteiger charge is 2.30. The van der Waals surface area contributed by atoms with Crippen LogP contribution in [0, 0.1) is 0 Å². The van der Waals surface area contributed by atoms with E-state index in [9.17, 15) is 13.2 Å². The van der Waals surface area contributed by atoms with Crippen LogP contribution in [0.2, 0.25) is 0 Å². The van der Waals surface area contributed by atoms with Gasteiger partial charge in [-0.2, -0.15) is 12.7 Å². The minimum atomic E-state index is -3.62. The lowest BCUT2D eigenvalue weighted by Gasteiger charge is -2.34. The van der Waals surface area contributed by atoms with Crippen LogP contribution in [0.15, 0.2) is 24.3 Å². The van der Waals surface area contributed by atoms with Gasteiger partial charge in [-0.05, 0) is 45.0 Å². The Balaban J connectivity index is 2.11. The molecule has 21 heavy (non-hydrogen) atoms. The van der Waals surface area contributed by atoms with Crippen LogP contribution in [0.5, 0.6) is 0 Å². The van der Waals surface area contributed by atoms with Crippen LogP contribution in [0.4, 0.5) is 5.69 Å². The van der Waals surface area contributed by atoms with Crippen molar-refractivity contribution in [3.8, 4) is 0 Å². The first kappa shape index (κ1) is 15.9. The topological polar surface area (TPSA) is 75.7 Å². The zero-order chi connectivity index (χ0) is 15.6. The van der Waals surface area contributed by atoms with Gasteiger partial charge in [0.15, 0.2) is 5.78 Å². The van der Waals surface area contributed by atoms with Crippen molar-refractivity contribution >= 4 is 21.7 Å². The first-order chi connectivity index (χ1) is 9.78. The Kier molecular flexibility index (Phi) is 4.65. The number of morpholine rings is 1. The molecule has 6 nitrogen and oxygen atoms in total. The maximum Gasteiger partial charge on any atom is 0.301 e. The van der Waals surface area contributed by atoms with E-state index in [0.29, 0.717) is 24.3 Å². The number of benzene rings is 1. The normalized spacial score (nSPS) is 23.8. The average molecular weight is 312 g/mol. The number of rotatable bonds is 4. The third-order valence-electron chi connectivity index (χ3n) is 3.26. The number of Topliss-reactive ketones (excluding diaryl/α,β-unsaturated/α-hetero) is 1. The summed E-state index contributed by atoms with van der Waals surface area (Å²) in [5.41, 5.74) is 0.985. The lowest BCUT2D eigenvalue weighted by Crippen LogP contribution is -2.49. The molecule has 1 aliphatic heterocycles. The fourth-order valence-corrected chi connectivity index (χ4v) is 3.69. The van der Waals surface area contributed by atoms with Crippen LogP contribution in [-0.2, 0) is 14.9 Å². The van der Waals surface area contributed by atoms with Crippen LogP contribution < -0.4 is 4.72 Å². The molecule has 0 aliphatic carbocycles. The fourth-order valence-electron chi connectivity index (χ4n) is 2.31. The molecule has 1 heterocycles. The van der Waals surface area contributed by atoms with Crippen molar-refractivity contribution in [1.29, 1.82) is 0 Å². The lowest BCUT2D eigenvalue weighted by molar-refractivity contribution is -0.0439. The van der Waals surface area contributed by atoms with Gasteiger partial charge in [0, 0.05) is 24.3 Å². The molecule has 0 bridgehead atoms. The second-order valence-electron chi connectivity index (χ2n) is 5.31. The van der Waals surface area contributed by atoms with Crippen molar-refractivity contribution in [1.82, 2.24) is 4.31 Å². The SMILES string of the molecule is CC(=O)c1ccc(NS(=O)(=O)N2C[C@@H](C)O[C@H](C)C2)cc1. The van der Waals surface area contributed by atoms with E-state index in [1.807, 2.05) is 13.8 Å². The smallest absolute Gasteiger partial charge is 0.301 e. The Labute approximate surface area is 125 Å². The predicted octanol–water partition coefficient (Wildman–Crippen LogP) is 1.66. The zero-order valence-electron chi connectivity index (χ0n) is 12.4. The molecule has 0 saturated carbocycles. The molecule has 1 saturated heterocycles. The summed E-state index contributed by atoms with van der Waals surface area (Å²) >= 11 is 0. The van der Waals surface area contributed by atoms with Crippen LogP contribution in [0.3, 0.4) is 0 Å². The summed E-state index contributed by atoms with van der Waals surface area (Å²) < 4.78 is 34.2. The van der Waals surface area contributed by atoms with Crippen LogP contribution in [-0.4, -0.2) is 43.8 Å². The van der Waals surface area contributed by atoms with Crippen molar-refractivity contribution in [2.24, 2.45) is 0 Å². The first-order valence-corrected chi connectivity index (χ1v) is 8.26. The van der Waals surface area contributed by atoms with Crippen molar-refractivity contribution in [2.75, 3.05) is 17.8 Å². The van der Waals surface area contributed by atoms with Crippen molar-refractivity contribution in [3.63, 3.8) is 0 Å². The molecule has 0 aromatic heterocycles. The highest BCUT2D eigenvalue weighted by atomic mass is 32.2. The molecule has 2 rings (SSSR count). The Morgan fingerprint density at radius 1 is 1.19 bits per heavy atom. The molecule has 2 atom stereocenters. The Morgan fingerprint density at radius 3 is 2.19 bits per heavy atom. The number of anilines is 1. The molecule has 0 unspecified atom stereocenters. The number of nitrogens with one attached hydrogen (secondary N) is 1. The largest absolute Gasteiger partial charge is 0.373 e. The molecular formula is C14H20N2O4S. The standard InChI is InChI=1S/C14H20N2O4S/c1-10-8-16(9-11(2)20-10)21(18,19)15-14-6-4-13(5-7-14)12(3)17/h4-7,10-11,15H,8-9H2,1-3H3/t10-,11-/m1/s1. The van der Waals surface area contributed by atoms with E-state index in [1.165, 1.54) is 11.2 Å². The third kappa shape index (κ3) is 4.03. The van der Waals surface area contributed by atoms with E-state index in [4.69, 9.17) is 4.74 Å². The van der Waals surface area contributed by atoms with E-state index in [-0.39, 0.29) is 18.0 Å². The van der Waals surface area contributed by atoms with Crippen molar-refractivity contribution in [3.05, 3.63) is 29.8 Å². The number of hydrogen-bond acceptors (Lipinski definition) is 4. The Morgan fingerprint density at radius 2 is 1.71 bits per heavy atom. The van der Waals surface area contributed by atoms with Gasteiger partial charge in [0.2, 0.25) is 0 Å². The van der Waals surface area contributed by atoms with E-state index in [2.05, 4.69) is 4.72 Å². The molecule has 1 N–H and O–H groups in total. The Bertz CT molecular complexity index is 602. The second kappa shape index (κ2) is 6.13. The van der Waals surface area contributed by atoms with E-state index in [0.717, 1.165) is 0 Å². The quantitative estimate of drug-likeness (QED) is 0.858. The molecular weight excluding hydrogens is 292 g/mol. The molecule has 1 aliphatic rings. The maximum absolute atomic E-state index is 12.4. The fraction of sp³-hybridized carbons (Fsp3) is 0.500. The summed E-state index contributed by atoms with van der Waals surface area (Å²) in [6.45, 7) is 5.81. The van der Waals surface area contributed by atoms with Gasteiger partial charge in [0.05, 0.1) is 12.2 Å². The Hall–Kier alpha value is -1.44. The highest BCUT2D eigenvalue weighted by Crippen LogP contribution is 2.18. The van der Waals surface area contributed by atoms with E-state index >= 15 is 0 Å². The number of carbonyl (C=O) groups is 1. The lowest BCUT2D eigenvalue weighted by atomic mass is 10.1. The molecule has 1 fully saturated rings. The van der Waals surface area contributed by atoms with Gasteiger partial charge in [-0.1, -0.05) is 0 Å². The number of nitrogens with zero attached hydrogens (tertiary/aromatic N) is 1. The molecule has 0 amide bonds. The van der Waals surface area contributed by atoms with Crippen LogP contribution >= 0.6 is 0 Å². The summed E-state index contributed by atoms with van der Waals surface area (Å²) in [7, 11) is -3.62. The van der Waals surface area contributed by atoms with Gasteiger partial charge in [0.25, 0.3) is 0 Å². The molecule has 0 radical (unpaired) electrons. The summed E-state index contributed by atoms with van der Waals surface area (Å²) in [5, 5.41) is 0. The molecule has 7 heteroatoms. The number of ketones is 1. The van der Waals surface area contributed by atoms with Crippen LogP contribution in [0.25, 0.3) is 0 Å². The van der Waals surface area contributed by atoms with Crippen molar-refractivity contribution in [2.45, 2.75) is 33.0 Å². The van der Waals surface area contributed by atoms with Gasteiger partial charge >= 0.3 is 10.2 Å². The minimum Gasteiger partial charge on any atom is -0.373 e. The van der Waals surface area contributed by atoms with E-state index in [1.54, 1.807) is 24.3 Å². The number of hydrogen-bond donors (Lipinski definition) is 1. The summed E-state index contributed by atoms with van der Waals surface area (Å²) in [5.74, 6) is -0.0553. The average Bonchev–Trinajstić information content (AvgIpc) is 2.37. The summed E-state index contributed by atoms with van der Waals surface area (Å²) in [4.78, 5) is 11.2. The predicted molar refractivity (Wildman–Crippen MR) is 80.6 cm³/mol. The minimum absolute atomic E-state index is 0.0553. The number of carbonyl (C=O) groups excluding carboxylic acids is 1.